The molecule has 2 saturated carbocycles. The predicted molar refractivity (Wildman–Crippen MR) is 49.2 cm³/mol. The van der Waals surface area contributed by atoms with Crippen LogP contribution in [0.15, 0.2) is 0 Å². The third-order valence-electron chi connectivity index (χ3n) is 3.68. The van der Waals surface area contributed by atoms with E-state index in [2.05, 4.69) is 0 Å². The largest absolute Gasteiger partial charge is 0.299 e. The molecule has 2 aliphatic carbocycles. The lowest BCUT2D eigenvalue weighted by atomic mass is 9.83. The van der Waals surface area contributed by atoms with Gasteiger partial charge in [-0.05, 0) is 18.3 Å². The fourth-order valence-electron chi connectivity index (χ4n) is 3.05. The van der Waals surface area contributed by atoms with Gasteiger partial charge in [-0.25, -0.2) is 0 Å². The van der Waals surface area contributed by atoms with Crippen molar-refractivity contribution in [1.29, 1.82) is 0 Å². The second-order valence-corrected chi connectivity index (χ2v) is 5.00. The van der Waals surface area contributed by atoms with Gasteiger partial charge in [-0.15, -0.1) is 0 Å². The van der Waals surface area contributed by atoms with Crippen LogP contribution >= 0.6 is 0 Å². The van der Waals surface area contributed by atoms with Crippen LogP contribution in [0.1, 0.15) is 39.5 Å². The number of rotatable bonds is 0. The van der Waals surface area contributed by atoms with Crippen LogP contribution in [0, 0.1) is 17.3 Å². The summed E-state index contributed by atoms with van der Waals surface area (Å²) in [5.41, 5.74) is 0.0764. The van der Waals surface area contributed by atoms with Gasteiger partial charge in [0.05, 0.1) is 0 Å². The van der Waals surface area contributed by atoms with Crippen LogP contribution in [0.4, 0.5) is 0 Å². The van der Waals surface area contributed by atoms with E-state index >= 15 is 0 Å². The Morgan fingerprint density at radius 3 is 1.62 bits per heavy atom. The molecule has 2 unspecified atom stereocenters. The molecule has 0 heterocycles. The monoisotopic (exact) mass is 180 g/mol. The van der Waals surface area contributed by atoms with Crippen LogP contribution in [-0.2, 0) is 9.59 Å². The van der Waals surface area contributed by atoms with Gasteiger partial charge in [0.2, 0.25) is 0 Å². The summed E-state index contributed by atoms with van der Waals surface area (Å²) in [6.45, 7) is 3.98. The zero-order chi connectivity index (χ0) is 9.64. The Hall–Kier alpha value is -0.660. The summed E-state index contributed by atoms with van der Waals surface area (Å²) in [5, 5.41) is 0. The third-order valence-corrected chi connectivity index (χ3v) is 3.68. The highest BCUT2D eigenvalue weighted by atomic mass is 16.1. The number of carbonyl (C=O) groups is 2. The van der Waals surface area contributed by atoms with Gasteiger partial charge >= 0.3 is 0 Å². The van der Waals surface area contributed by atoms with Gasteiger partial charge in [-0.1, -0.05) is 13.8 Å². The lowest BCUT2D eigenvalue weighted by Gasteiger charge is -2.20. The molecule has 0 aromatic rings. The molecule has 2 aliphatic rings. The number of hydrogen-bond donors (Lipinski definition) is 0. The van der Waals surface area contributed by atoms with E-state index in [1.54, 1.807) is 0 Å². The van der Waals surface area contributed by atoms with Gasteiger partial charge in [0.1, 0.15) is 11.6 Å². The summed E-state index contributed by atoms with van der Waals surface area (Å²) >= 11 is 0. The fraction of sp³-hybridized carbons (Fsp3) is 0.818. The lowest BCUT2D eigenvalue weighted by Crippen LogP contribution is -2.12. The molecule has 0 aromatic carbocycles. The summed E-state index contributed by atoms with van der Waals surface area (Å²) in [4.78, 5) is 22.9. The quantitative estimate of drug-likeness (QED) is 0.571. The molecule has 0 amide bonds. The lowest BCUT2D eigenvalue weighted by molar-refractivity contribution is -0.120. The minimum Gasteiger partial charge on any atom is -0.299 e. The Balaban J connectivity index is 2.17. The van der Waals surface area contributed by atoms with E-state index in [4.69, 9.17) is 0 Å². The summed E-state index contributed by atoms with van der Waals surface area (Å²) in [5.74, 6) is 1.11. The molecule has 1 spiro atoms. The van der Waals surface area contributed by atoms with Crippen molar-refractivity contribution in [3.05, 3.63) is 0 Å². The van der Waals surface area contributed by atoms with Crippen LogP contribution in [0.3, 0.4) is 0 Å². The summed E-state index contributed by atoms with van der Waals surface area (Å²) < 4.78 is 0. The molecule has 0 bridgehead atoms. The summed E-state index contributed by atoms with van der Waals surface area (Å²) in [7, 11) is 0. The maximum absolute atomic E-state index is 11.4. The van der Waals surface area contributed by atoms with Crippen molar-refractivity contribution in [3.8, 4) is 0 Å². The highest BCUT2D eigenvalue weighted by Crippen LogP contribution is 2.51. The van der Waals surface area contributed by atoms with Gasteiger partial charge in [0.15, 0.2) is 0 Å². The van der Waals surface area contributed by atoms with Crippen molar-refractivity contribution in [3.63, 3.8) is 0 Å². The van der Waals surface area contributed by atoms with Crippen LogP contribution < -0.4 is 0 Å². The molecule has 72 valence electrons. The molecule has 0 aliphatic heterocycles. The molecular weight excluding hydrogens is 164 g/mol. The molecule has 0 radical (unpaired) electrons. The van der Waals surface area contributed by atoms with Crippen LogP contribution in [0.25, 0.3) is 0 Å². The third kappa shape index (κ3) is 1.32. The van der Waals surface area contributed by atoms with E-state index in [1.807, 2.05) is 13.8 Å². The Morgan fingerprint density at radius 1 is 1.00 bits per heavy atom. The number of carbonyl (C=O) groups excluding carboxylic acids is 2. The molecule has 0 aromatic heterocycles. The van der Waals surface area contributed by atoms with Gasteiger partial charge in [-0.2, -0.15) is 0 Å². The van der Waals surface area contributed by atoms with E-state index < -0.39 is 0 Å². The minimum atomic E-state index is 0.0764. The molecule has 2 nitrogen and oxygen atoms in total. The van der Waals surface area contributed by atoms with Gasteiger partial charge < -0.3 is 0 Å². The Morgan fingerprint density at radius 2 is 1.38 bits per heavy atom. The fourth-order valence-corrected chi connectivity index (χ4v) is 3.05. The molecule has 0 N–H and O–H groups in total. The van der Waals surface area contributed by atoms with Crippen molar-refractivity contribution in [2.45, 2.75) is 39.5 Å². The van der Waals surface area contributed by atoms with Gasteiger partial charge in [-0.3, -0.25) is 9.59 Å². The standard InChI is InChI=1S/C11H16O2/c1-7-3-11(5-9(7)12)4-8(2)10(13)6-11/h7-8H,3-6H2,1-2H3. The number of hydrogen-bond acceptors (Lipinski definition) is 2. The number of Topliss-reactive ketones (excluding diaryl/α,β-unsaturated/α-hetero) is 2. The van der Waals surface area contributed by atoms with Crippen molar-refractivity contribution < 1.29 is 9.59 Å². The first-order chi connectivity index (χ1) is 6.02. The van der Waals surface area contributed by atoms with Crippen molar-refractivity contribution in [1.82, 2.24) is 0 Å². The molecule has 2 rings (SSSR count). The van der Waals surface area contributed by atoms with Crippen molar-refractivity contribution in [2.75, 3.05) is 0 Å². The Bertz CT molecular complexity index is 239. The zero-order valence-corrected chi connectivity index (χ0v) is 8.30. The van der Waals surface area contributed by atoms with Crippen LogP contribution in [0.2, 0.25) is 0 Å². The second-order valence-electron chi connectivity index (χ2n) is 5.00. The van der Waals surface area contributed by atoms with Gasteiger partial charge in [0.25, 0.3) is 0 Å². The van der Waals surface area contributed by atoms with E-state index in [1.165, 1.54) is 0 Å². The first kappa shape index (κ1) is 8.92. The molecule has 13 heavy (non-hydrogen) atoms. The van der Waals surface area contributed by atoms with Crippen LogP contribution in [0.5, 0.6) is 0 Å². The molecule has 2 fully saturated rings. The SMILES string of the molecule is CC1CC2(CC1=O)CC(=O)C(C)C2. The molecular formula is C11H16O2. The average molecular weight is 180 g/mol. The first-order valence-corrected chi connectivity index (χ1v) is 5.08. The van der Waals surface area contributed by atoms with E-state index in [-0.39, 0.29) is 17.3 Å². The molecule has 0 saturated heterocycles. The van der Waals surface area contributed by atoms with E-state index in [0.717, 1.165) is 12.8 Å². The normalized spacial score (nSPS) is 45.1. The maximum Gasteiger partial charge on any atom is 0.136 e. The zero-order valence-electron chi connectivity index (χ0n) is 8.30. The molecule has 2 heteroatoms. The van der Waals surface area contributed by atoms with Gasteiger partial charge in [0, 0.05) is 24.7 Å². The smallest absolute Gasteiger partial charge is 0.136 e. The second kappa shape index (κ2) is 2.66. The van der Waals surface area contributed by atoms with Crippen molar-refractivity contribution >= 4 is 11.6 Å². The van der Waals surface area contributed by atoms with Crippen LogP contribution in [-0.4, -0.2) is 11.6 Å². The highest BCUT2D eigenvalue weighted by Gasteiger charge is 2.49. The topological polar surface area (TPSA) is 34.1 Å². The Kier molecular flexibility index (Phi) is 1.83. The predicted octanol–water partition coefficient (Wildman–Crippen LogP) is 1.97. The highest BCUT2D eigenvalue weighted by molar-refractivity contribution is 5.89. The maximum atomic E-state index is 11.4. The summed E-state index contributed by atoms with van der Waals surface area (Å²) in [6.07, 6.45) is 3.21. The van der Waals surface area contributed by atoms with E-state index in [0.29, 0.717) is 24.4 Å². The van der Waals surface area contributed by atoms with E-state index in [9.17, 15) is 9.59 Å². The number of ketones is 2. The molecule has 2 atom stereocenters. The van der Waals surface area contributed by atoms with Crippen molar-refractivity contribution in [2.24, 2.45) is 17.3 Å². The average Bonchev–Trinajstić information content (AvgIpc) is 2.39. The summed E-state index contributed by atoms with van der Waals surface area (Å²) in [6, 6.07) is 0. The minimum absolute atomic E-state index is 0.0764. The Labute approximate surface area is 78.7 Å². The first-order valence-electron chi connectivity index (χ1n) is 5.08.